The molecule has 0 radical (unpaired) electrons. The highest BCUT2D eigenvalue weighted by Gasteiger charge is 2.16. The van der Waals surface area contributed by atoms with Gasteiger partial charge in [0.1, 0.15) is 0 Å². The van der Waals surface area contributed by atoms with Crippen LogP contribution in [-0.2, 0) is 5.41 Å². The average Bonchev–Trinajstić information content (AvgIpc) is 2.05. The first-order valence-corrected chi connectivity index (χ1v) is 4.64. The largest absolute Gasteiger partial charge is 0.0748 e. The van der Waals surface area contributed by atoms with Crippen LogP contribution in [0.15, 0.2) is 24.3 Å². The quantitative estimate of drug-likeness (QED) is 0.598. The SMILES string of the molecule is Cc1ccc(C(C)(C)C#CCl)cc1. The number of benzene rings is 1. The molecule has 0 aliphatic carbocycles. The van der Waals surface area contributed by atoms with Gasteiger partial charge in [-0.05, 0) is 37.9 Å². The first kappa shape index (κ1) is 10.2. The molecular formula is C12H13Cl. The van der Waals surface area contributed by atoms with E-state index in [1.54, 1.807) is 0 Å². The molecule has 0 unspecified atom stereocenters. The van der Waals surface area contributed by atoms with Crippen molar-refractivity contribution in [1.29, 1.82) is 0 Å². The summed E-state index contributed by atoms with van der Waals surface area (Å²) in [6.07, 6.45) is 0. The topological polar surface area (TPSA) is 0 Å². The molecule has 1 aromatic carbocycles. The van der Waals surface area contributed by atoms with Crippen molar-refractivity contribution >= 4 is 11.6 Å². The van der Waals surface area contributed by atoms with Crippen LogP contribution in [0.25, 0.3) is 0 Å². The number of hydrogen-bond acceptors (Lipinski definition) is 0. The van der Waals surface area contributed by atoms with Crippen LogP contribution in [0.2, 0.25) is 0 Å². The van der Waals surface area contributed by atoms with Crippen molar-refractivity contribution in [1.82, 2.24) is 0 Å². The van der Waals surface area contributed by atoms with E-state index < -0.39 is 0 Å². The minimum atomic E-state index is -0.157. The van der Waals surface area contributed by atoms with Gasteiger partial charge in [-0.2, -0.15) is 0 Å². The highest BCUT2D eigenvalue weighted by atomic mass is 35.5. The second-order valence-corrected chi connectivity index (χ2v) is 3.90. The summed E-state index contributed by atoms with van der Waals surface area (Å²) in [5.74, 6) is 2.97. The molecule has 0 saturated carbocycles. The van der Waals surface area contributed by atoms with Gasteiger partial charge in [-0.3, -0.25) is 0 Å². The highest BCUT2D eigenvalue weighted by Crippen LogP contribution is 2.22. The monoisotopic (exact) mass is 192 g/mol. The Hall–Kier alpha value is -0.930. The molecular weight excluding hydrogens is 180 g/mol. The predicted octanol–water partition coefficient (Wildman–Crippen LogP) is 3.47. The molecule has 0 aliphatic rings. The van der Waals surface area contributed by atoms with Gasteiger partial charge < -0.3 is 0 Å². The summed E-state index contributed by atoms with van der Waals surface area (Å²) in [6.45, 7) is 6.20. The minimum absolute atomic E-state index is 0.157. The number of hydrogen-bond donors (Lipinski definition) is 0. The summed E-state index contributed by atoms with van der Waals surface area (Å²) in [4.78, 5) is 0. The van der Waals surface area contributed by atoms with Gasteiger partial charge in [0.15, 0.2) is 0 Å². The second-order valence-electron chi connectivity index (χ2n) is 3.71. The van der Waals surface area contributed by atoms with Crippen LogP contribution in [0.5, 0.6) is 0 Å². The first-order chi connectivity index (χ1) is 6.06. The fraction of sp³-hybridized carbons (Fsp3) is 0.333. The zero-order valence-corrected chi connectivity index (χ0v) is 8.94. The zero-order chi connectivity index (χ0) is 9.90. The minimum Gasteiger partial charge on any atom is -0.0748 e. The Morgan fingerprint density at radius 3 is 2.15 bits per heavy atom. The third kappa shape index (κ3) is 2.50. The lowest BCUT2D eigenvalue weighted by atomic mass is 9.85. The summed E-state index contributed by atoms with van der Waals surface area (Å²) in [7, 11) is 0. The maximum Gasteiger partial charge on any atom is 0.0519 e. The summed E-state index contributed by atoms with van der Waals surface area (Å²) in [5, 5.41) is 2.44. The van der Waals surface area contributed by atoms with Crippen LogP contribution in [-0.4, -0.2) is 0 Å². The molecule has 1 aromatic rings. The molecule has 68 valence electrons. The molecule has 0 heterocycles. The Labute approximate surface area is 84.9 Å². The van der Waals surface area contributed by atoms with E-state index >= 15 is 0 Å². The first-order valence-electron chi connectivity index (χ1n) is 4.26. The van der Waals surface area contributed by atoms with E-state index in [1.165, 1.54) is 11.1 Å². The van der Waals surface area contributed by atoms with Gasteiger partial charge >= 0.3 is 0 Å². The summed E-state index contributed by atoms with van der Waals surface area (Å²) < 4.78 is 0. The average molecular weight is 193 g/mol. The Balaban J connectivity index is 3.05. The van der Waals surface area contributed by atoms with E-state index in [-0.39, 0.29) is 5.41 Å². The van der Waals surface area contributed by atoms with Crippen LogP contribution in [0, 0.1) is 18.2 Å². The fourth-order valence-corrected chi connectivity index (χ4v) is 1.40. The van der Waals surface area contributed by atoms with E-state index in [1.807, 2.05) is 0 Å². The van der Waals surface area contributed by atoms with Gasteiger partial charge in [-0.1, -0.05) is 35.7 Å². The Morgan fingerprint density at radius 2 is 1.69 bits per heavy atom. The smallest absolute Gasteiger partial charge is 0.0519 e. The number of halogens is 1. The molecule has 13 heavy (non-hydrogen) atoms. The van der Waals surface area contributed by atoms with E-state index in [4.69, 9.17) is 11.6 Å². The second kappa shape index (κ2) is 3.85. The molecule has 0 N–H and O–H groups in total. The summed E-state index contributed by atoms with van der Waals surface area (Å²) in [6, 6.07) is 8.37. The van der Waals surface area contributed by atoms with E-state index in [2.05, 4.69) is 56.3 Å². The Kier molecular flexibility index (Phi) is 3.01. The Morgan fingerprint density at radius 1 is 1.15 bits per heavy atom. The molecule has 0 bridgehead atoms. The van der Waals surface area contributed by atoms with E-state index in [0.29, 0.717) is 0 Å². The van der Waals surface area contributed by atoms with Gasteiger partial charge in [0.2, 0.25) is 0 Å². The Bertz CT molecular complexity index is 336. The van der Waals surface area contributed by atoms with Crippen molar-refractivity contribution < 1.29 is 0 Å². The van der Waals surface area contributed by atoms with Gasteiger partial charge in [-0.15, -0.1) is 0 Å². The summed E-state index contributed by atoms with van der Waals surface area (Å²) >= 11 is 5.41. The molecule has 1 heteroatoms. The van der Waals surface area contributed by atoms with Crippen molar-refractivity contribution in [2.45, 2.75) is 26.2 Å². The molecule has 0 fully saturated rings. The van der Waals surface area contributed by atoms with Crippen molar-refractivity contribution in [3.8, 4) is 11.3 Å². The molecule has 0 amide bonds. The van der Waals surface area contributed by atoms with Gasteiger partial charge in [0, 0.05) is 5.38 Å². The number of aryl methyl sites for hydroxylation is 1. The fourth-order valence-electron chi connectivity index (χ4n) is 1.16. The zero-order valence-electron chi connectivity index (χ0n) is 8.19. The normalized spacial score (nSPS) is 10.5. The van der Waals surface area contributed by atoms with Crippen molar-refractivity contribution in [2.24, 2.45) is 0 Å². The van der Waals surface area contributed by atoms with Crippen molar-refractivity contribution in [3.05, 3.63) is 35.4 Å². The molecule has 0 saturated heterocycles. The van der Waals surface area contributed by atoms with Crippen LogP contribution in [0.3, 0.4) is 0 Å². The highest BCUT2D eigenvalue weighted by molar-refractivity contribution is 6.30. The van der Waals surface area contributed by atoms with Crippen LogP contribution in [0.4, 0.5) is 0 Å². The maximum absolute atomic E-state index is 5.41. The maximum atomic E-state index is 5.41. The van der Waals surface area contributed by atoms with Gasteiger partial charge in [0.25, 0.3) is 0 Å². The lowest BCUT2D eigenvalue weighted by molar-refractivity contribution is 0.698. The van der Waals surface area contributed by atoms with Gasteiger partial charge in [-0.25, -0.2) is 0 Å². The van der Waals surface area contributed by atoms with Crippen molar-refractivity contribution in [3.63, 3.8) is 0 Å². The molecule has 0 nitrogen and oxygen atoms in total. The lowest BCUT2D eigenvalue weighted by Crippen LogP contribution is -2.13. The van der Waals surface area contributed by atoms with Crippen LogP contribution in [0.1, 0.15) is 25.0 Å². The molecule has 1 rings (SSSR count). The lowest BCUT2D eigenvalue weighted by Gasteiger charge is -2.17. The number of rotatable bonds is 1. The molecule has 0 spiro atoms. The molecule has 0 aromatic heterocycles. The van der Waals surface area contributed by atoms with E-state index in [0.717, 1.165) is 0 Å². The van der Waals surface area contributed by atoms with Crippen LogP contribution < -0.4 is 0 Å². The van der Waals surface area contributed by atoms with Crippen molar-refractivity contribution in [2.75, 3.05) is 0 Å². The van der Waals surface area contributed by atoms with E-state index in [9.17, 15) is 0 Å². The van der Waals surface area contributed by atoms with Gasteiger partial charge in [0.05, 0.1) is 5.41 Å². The summed E-state index contributed by atoms with van der Waals surface area (Å²) in [5.41, 5.74) is 2.31. The van der Waals surface area contributed by atoms with Crippen LogP contribution >= 0.6 is 11.6 Å². The third-order valence-electron chi connectivity index (χ3n) is 2.13. The molecule has 0 aliphatic heterocycles. The molecule has 0 atom stereocenters. The third-order valence-corrected chi connectivity index (χ3v) is 2.23. The standard InChI is InChI=1S/C12H13Cl/c1-10-4-6-11(7-5-10)12(2,3)8-9-13/h4-7H,1-3H3. The predicted molar refractivity (Wildman–Crippen MR) is 57.8 cm³/mol.